The first-order valence-corrected chi connectivity index (χ1v) is 6.84. The minimum atomic E-state index is 0.0914. The summed E-state index contributed by atoms with van der Waals surface area (Å²) in [4.78, 5) is 23.4. The summed E-state index contributed by atoms with van der Waals surface area (Å²) in [5, 5.41) is 0. The molecule has 0 heterocycles. The van der Waals surface area contributed by atoms with Gasteiger partial charge in [-0.1, -0.05) is 19.1 Å². The van der Waals surface area contributed by atoms with E-state index in [1.807, 2.05) is 6.92 Å². The van der Waals surface area contributed by atoms with Crippen molar-refractivity contribution in [2.45, 2.75) is 46.5 Å². The Morgan fingerprint density at radius 1 is 1.28 bits per heavy atom. The van der Waals surface area contributed by atoms with Crippen molar-refractivity contribution in [1.82, 2.24) is 0 Å². The SMILES string of the molecule is C=C(C(C)=O)C1CCC(C)C2CC(=O)C(C)=C2C1. The molecule has 18 heavy (non-hydrogen) atoms. The van der Waals surface area contributed by atoms with Crippen LogP contribution in [0.2, 0.25) is 0 Å². The molecule has 0 N–H and O–H groups in total. The largest absolute Gasteiger partial charge is 0.295 e. The van der Waals surface area contributed by atoms with Crippen molar-refractivity contribution in [2.75, 3.05) is 0 Å². The lowest BCUT2D eigenvalue weighted by Crippen LogP contribution is -2.10. The standard InChI is InChI=1S/C16H22O2/c1-9-5-6-13(10(2)12(4)17)7-15-11(3)16(18)8-14(9)15/h9,13-14H,2,5-8H2,1,3-4H3. The first-order chi connectivity index (χ1) is 8.41. The number of hydrogen-bond donors (Lipinski definition) is 0. The molecule has 2 heteroatoms. The van der Waals surface area contributed by atoms with Crippen LogP contribution in [0.4, 0.5) is 0 Å². The van der Waals surface area contributed by atoms with Crippen molar-refractivity contribution >= 4 is 11.6 Å². The summed E-state index contributed by atoms with van der Waals surface area (Å²) in [6, 6.07) is 0. The van der Waals surface area contributed by atoms with E-state index in [1.54, 1.807) is 6.92 Å². The maximum absolute atomic E-state index is 11.9. The minimum Gasteiger partial charge on any atom is -0.295 e. The zero-order chi connectivity index (χ0) is 13.4. The van der Waals surface area contributed by atoms with E-state index >= 15 is 0 Å². The average Bonchev–Trinajstić information content (AvgIpc) is 2.50. The van der Waals surface area contributed by atoms with Gasteiger partial charge in [0, 0.05) is 6.42 Å². The molecule has 0 aromatic heterocycles. The number of carbonyl (C=O) groups excluding carboxylic acids is 2. The van der Waals surface area contributed by atoms with Crippen LogP contribution in [-0.2, 0) is 9.59 Å². The third-order valence-corrected chi connectivity index (χ3v) is 4.82. The molecule has 0 saturated heterocycles. The first-order valence-electron chi connectivity index (χ1n) is 6.84. The third-order valence-electron chi connectivity index (χ3n) is 4.82. The number of ketones is 2. The molecule has 0 aliphatic heterocycles. The lowest BCUT2D eigenvalue weighted by atomic mass is 9.86. The lowest BCUT2D eigenvalue weighted by molar-refractivity contribution is -0.115. The summed E-state index contributed by atoms with van der Waals surface area (Å²) in [6.07, 6.45) is 3.67. The Hall–Kier alpha value is -1.18. The number of carbonyl (C=O) groups is 2. The van der Waals surface area contributed by atoms with Gasteiger partial charge in [0.1, 0.15) is 0 Å². The molecule has 2 rings (SSSR count). The zero-order valence-electron chi connectivity index (χ0n) is 11.6. The number of allylic oxidation sites excluding steroid dienone is 3. The average molecular weight is 246 g/mol. The van der Waals surface area contributed by atoms with Crippen molar-refractivity contribution in [3.63, 3.8) is 0 Å². The molecule has 0 aromatic rings. The Balaban J connectivity index is 2.29. The van der Waals surface area contributed by atoms with E-state index in [2.05, 4.69) is 13.5 Å². The van der Waals surface area contributed by atoms with Gasteiger partial charge in [-0.3, -0.25) is 9.59 Å². The van der Waals surface area contributed by atoms with Crippen LogP contribution in [0.1, 0.15) is 46.5 Å². The number of hydrogen-bond acceptors (Lipinski definition) is 2. The second-order valence-corrected chi connectivity index (χ2v) is 5.92. The molecule has 98 valence electrons. The highest BCUT2D eigenvalue weighted by Gasteiger charge is 2.37. The van der Waals surface area contributed by atoms with Crippen LogP contribution in [0.3, 0.4) is 0 Å². The van der Waals surface area contributed by atoms with Gasteiger partial charge in [-0.2, -0.15) is 0 Å². The first kappa shape index (κ1) is 13.3. The van der Waals surface area contributed by atoms with Crippen LogP contribution in [-0.4, -0.2) is 11.6 Å². The second-order valence-electron chi connectivity index (χ2n) is 5.92. The van der Waals surface area contributed by atoms with Crippen molar-refractivity contribution in [1.29, 1.82) is 0 Å². The Morgan fingerprint density at radius 3 is 2.56 bits per heavy atom. The molecule has 0 radical (unpaired) electrons. The maximum atomic E-state index is 11.9. The lowest BCUT2D eigenvalue weighted by Gasteiger charge is -2.18. The van der Waals surface area contributed by atoms with Crippen LogP contribution in [0.15, 0.2) is 23.3 Å². The van der Waals surface area contributed by atoms with Gasteiger partial charge in [-0.25, -0.2) is 0 Å². The maximum Gasteiger partial charge on any atom is 0.159 e. The molecule has 2 nitrogen and oxygen atoms in total. The van der Waals surface area contributed by atoms with E-state index in [0.717, 1.165) is 30.4 Å². The van der Waals surface area contributed by atoms with Crippen LogP contribution in [0, 0.1) is 17.8 Å². The fraction of sp³-hybridized carbons (Fsp3) is 0.625. The van der Waals surface area contributed by atoms with Crippen LogP contribution in [0.5, 0.6) is 0 Å². The van der Waals surface area contributed by atoms with Crippen LogP contribution in [0.25, 0.3) is 0 Å². The highest BCUT2D eigenvalue weighted by molar-refractivity contribution is 5.99. The summed E-state index contributed by atoms with van der Waals surface area (Å²) in [7, 11) is 0. The number of fused-ring (bicyclic) bond motifs is 1. The summed E-state index contributed by atoms with van der Waals surface area (Å²) in [5.74, 6) is 1.60. The molecule has 2 aliphatic rings. The van der Waals surface area contributed by atoms with Gasteiger partial charge in [0.25, 0.3) is 0 Å². The fourth-order valence-corrected chi connectivity index (χ4v) is 3.40. The molecular formula is C16H22O2. The van der Waals surface area contributed by atoms with Gasteiger partial charge in [-0.05, 0) is 62.0 Å². The number of rotatable bonds is 2. The van der Waals surface area contributed by atoms with Gasteiger partial charge in [0.05, 0.1) is 0 Å². The summed E-state index contributed by atoms with van der Waals surface area (Å²) >= 11 is 0. The molecular weight excluding hydrogens is 224 g/mol. The van der Waals surface area contributed by atoms with E-state index in [9.17, 15) is 9.59 Å². The molecule has 1 fully saturated rings. The van der Waals surface area contributed by atoms with Gasteiger partial charge in [-0.15, -0.1) is 0 Å². The molecule has 3 atom stereocenters. The molecule has 0 bridgehead atoms. The van der Waals surface area contributed by atoms with Crippen LogP contribution >= 0.6 is 0 Å². The van der Waals surface area contributed by atoms with E-state index in [0.29, 0.717) is 24.0 Å². The van der Waals surface area contributed by atoms with Crippen molar-refractivity contribution < 1.29 is 9.59 Å². The monoisotopic (exact) mass is 246 g/mol. The van der Waals surface area contributed by atoms with E-state index in [4.69, 9.17) is 0 Å². The molecule has 3 unspecified atom stereocenters. The topological polar surface area (TPSA) is 34.1 Å². The normalized spacial score (nSPS) is 32.2. The molecule has 0 amide bonds. The molecule has 2 aliphatic carbocycles. The smallest absolute Gasteiger partial charge is 0.159 e. The molecule has 0 aromatic carbocycles. The third kappa shape index (κ3) is 2.21. The van der Waals surface area contributed by atoms with E-state index < -0.39 is 0 Å². The predicted molar refractivity (Wildman–Crippen MR) is 72.1 cm³/mol. The number of Topliss-reactive ketones (excluding diaryl/α,β-unsaturated/α-hetero) is 2. The summed E-state index contributed by atoms with van der Waals surface area (Å²) in [5.41, 5.74) is 3.00. The zero-order valence-corrected chi connectivity index (χ0v) is 11.6. The summed E-state index contributed by atoms with van der Waals surface area (Å²) in [6.45, 7) is 9.72. The van der Waals surface area contributed by atoms with Crippen LogP contribution < -0.4 is 0 Å². The van der Waals surface area contributed by atoms with Gasteiger partial charge in [0.15, 0.2) is 11.6 Å². The van der Waals surface area contributed by atoms with E-state index in [1.165, 1.54) is 5.57 Å². The van der Waals surface area contributed by atoms with Crippen molar-refractivity contribution in [3.05, 3.63) is 23.3 Å². The molecule has 1 saturated carbocycles. The van der Waals surface area contributed by atoms with E-state index in [-0.39, 0.29) is 11.7 Å². The predicted octanol–water partition coefficient (Wildman–Crippen LogP) is 3.47. The molecule has 0 spiro atoms. The Labute approximate surface area is 109 Å². The Kier molecular flexibility index (Phi) is 3.56. The minimum absolute atomic E-state index is 0.0914. The quantitative estimate of drug-likeness (QED) is 0.699. The van der Waals surface area contributed by atoms with Crippen molar-refractivity contribution in [2.24, 2.45) is 17.8 Å². The van der Waals surface area contributed by atoms with Crippen molar-refractivity contribution in [3.8, 4) is 0 Å². The Morgan fingerprint density at radius 2 is 1.94 bits per heavy atom. The fourth-order valence-electron chi connectivity index (χ4n) is 3.40. The Bertz CT molecular complexity index is 442. The highest BCUT2D eigenvalue weighted by Crippen LogP contribution is 2.45. The van der Waals surface area contributed by atoms with Gasteiger partial charge >= 0.3 is 0 Å². The summed E-state index contributed by atoms with van der Waals surface area (Å²) < 4.78 is 0. The van der Waals surface area contributed by atoms with Gasteiger partial charge in [0.2, 0.25) is 0 Å². The second kappa shape index (κ2) is 4.83. The van der Waals surface area contributed by atoms with Gasteiger partial charge < -0.3 is 0 Å². The highest BCUT2D eigenvalue weighted by atomic mass is 16.1.